The topological polar surface area (TPSA) is 104 Å². The van der Waals surface area contributed by atoms with Crippen molar-refractivity contribution >= 4 is 34.2 Å². The summed E-state index contributed by atoms with van der Waals surface area (Å²) in [5.41, 5.74) is 8.31. The van der Waals surface area contributed by atoms with E-state index in [0.717, 1.165) is 42.5 Å². The molecule has 32 heavy (non-hydrogen) atoms. The number of rotatable bonds is 5. The Labute approximate surface area is 186 Å². The van der Waals surface area contributed by atoms with Crippen LogP contribution in [0.4, 0.5) is 11.5 Å². The highest BCUT2D eigenvalue weighted by atomic mass is 16.2. The fraction of sp³-hybridized carbons (Fsp3) is 0.333. The molecule has 2 heterocycles. The van der Waals surface area contributed by atoms with E-state index in [1.54, 1.807) is 24.3 Å². The number of para-hydroxylation sites is 1. The summed E-state index contributed by atoms with van der Waals surface area (Å²) in [4.78, 5) is 38.0. The molecule has 2 fully saturated rings. The minimum Gasteiger partial charge on any atom is -0.383 e. The molecule has 3 N–H and O–H groups in total. The van der Waals surface area contributed by atoms with Gasteiger partial charge in [0.15, 0.2) is 0 Å². The largest absolute Gasteiger partial charge is 0.383 e. The zero-order valence-electron chi connectivity index (χ0n) is 17.8. The summed E-state index contributed by atoms with van der Waals surface area (Å²) in [6.07, 6.45) is 1.93. The van der Waals surface area contributed by atoms with Gasteiger partial charge in [-0.3, -0.25) is 14.5 Å². The number of nitrogen functional groups attached to an aromatic ring is 1. The van der Waals surface area contributed by atoms with Crippen LogP contribution >= 0.6 is 0 Å². The Balaban J connectivity index is 1.16. The zero-order chi connectivity index (χ0) is 22.1. The molecule has 0 radical (unpaired) electrons. The first-order valence-electron chi connectivity index (χ1n) is 11.0. The highest BCUT2D eigenvalue weighted by Crippen LogP contribution is 2.30. The number of piperazine rings is 1. The first-order chi connectivity index (χ1) is 15.6. The predicted octanol–water partition coefficient (Wildman–Crippen LogP) is 2.52. The third kappa shape index (κ3) is 4.40. The quantitative estimate of drug-likeness (QED) is 0.645. The Morgan fingerprint density at radius 2 is 1.69 bits per heavy atom. The Morgan fingerprint density at radius 3 is 2.41 bits per heavy atom. The first-order valence-corrected chi connectivity index (χ1v) is 11.0. The smallest absolute Gasteiger partial charge is 0.253 e. The van der Waals surface area contributed by atoms with Gasteiger partial charge in [0.2, 0.25) is 5.91 Å². The molecule has 1 aliphatic heterocycles. The minimum atomic E-state index is 0.0101. The molecule has 0 spiro atoms. The lowest BCUT2D eigenvalue weighted by Gasteiger charge is -2.34. The number of nitrogens with one attached hydrogen (secondary N) is 1. The monoisotopic (exact) mass is 430 g/mol. The van der Waals surface area contributed by atoms with Gasteiger partial charge in [-0.2, -0.15) is 0 Å². The van der Waals surface area contributed by atoms with Crippen molar-refractivity contribution in [2.24, 2.45) is 5.92 Å². The van der Waals surface area contributed by atoms with E-state index in [1.165, 1.54) is 0 Å². The van der Waals surface area contributed by atoms with Crippen molar-refractivity contribution in [1.29, 1.82) is 0 Å². The van der Waals surface area contributed by atoms with Gasteiger partial charge >= 0.3 is 0 Å². The second-order valence-corrected chi connectivity index (χ2v) is 8.45. The molecule has 0 unspecified atom stereocenters. The summed E-state index contributed by atoms with van der Waals surface area (Å²) in [5, 5.41) is 3.77. The van der Waals surface area contributed by atoms with Crippen LogP contribution in [0.25, 0.3) is 10.9 Å². The molecule has 3 aromatic rings. The fourth-order valence-electron chi connectivity index (χ4n) is 4.00. The fourth-order valence-corrected chi connectivity index (χ4v) is 4.00. The van der Waals surface area contributed by atoms with Crippen LogP contribution < -0.4 is 11.1 Å². The van der Waals surface area contributed by atoms with Crippen LogP contribution in [-0.2, 0) is 11.3 Å². The molecule has 164 valence electrons. The first kappa shape index (κ1) is 20.4. The summed E-state index contributed by atoms with van der Waals surface area (Å²) in [7, 11) is 0. The van der Waals surface area contributed by atoms with Crippen LogP contribution in [0.15, 0.2) is 48.5 Å². The van der Waals surface area contributed by atoms with Gasteiger partial charge in [-0.05, 0) is 49.2 Å². The second kappa shape index (κ2) is 8.55. The lowest BCUT2D eigenvalue weighted by molar-refractivity contribution is -0.117. The summed E-state index contributed by atoms with van der Waals surface area (Å²) < 4.78 is 0. The van der Waals surface area contributed by atoms with Crippen molar-refractivity contribution in [1.82, 2.24) is 19.8 Å². The number of aromatic nitrogens is 2. The van der Waals surface area contributed by atoms with Crippen LogP contribution in [0, 0.1) is 5.92 Å². The van der Waals surface area contributed by atoms with Crippen LogP contribution in [0.5, 0.6) is 0 Å². The van der Waals surface area contributed by atoms with E-state index in [1.807, 2.05) is 29.2 Å². The molecule has 1 saturated carbocycles. The predicted molar refractivity (Wildman–Crippen MR) is 123 cm³/mol. The van der Waals surface area contributed by atoms with Gasteiger partial charge in [-0.25, -0.2) is 9.97 Å². The SMILES string of the molecule is Nc1nc(CN2CCN(C(=O)c3ccc(NC(=O)C4CC4)cc3)CC2)nc2ccccc12. The van der Waals surface area contributed by atoms with Crippen molar-refractivity contribution in [3.8, 4) is 0 Å². The molecule has 0 bridgehead atoms. The standard InChI is InChI=1S/C24H26N6O2/c25-22-19-3-1-2-4-20(19)27-21(28-22)15-29-11-13-30(14-12-29)24(32)17-7-9-18(10-8-17)26-23(31)16-5-6-16/h1-4,7-10,16H,5-6,11-15H2,(H,26,31)(H2,25,27,28). The number of carbonyl (C=O) groups excluding carboxylic acids is 2. The van der Waals surface area contributed by atoms with E-state index in [2.05, 4.69) is 20.2 Å². The third-order valence-corrected chi connectivity index (χ3v) is 6.05. The van der Waals surface area contributed by atoms with Gasteiger partial charge < -0.3 is 16.0 Å². The van der Waals surface area contributed by atoms with Crippen molar-refractivity contribution in [2.45, 2.75) is 19.4 Å². The molecule has 2 aromatic carbocycles. The normalized spacial score (nSPS) is 16.8. The molecule has 5 rings (SSSR count). The van der Waals surface area contributed by atoms with Gasteiger partial charge in [0.1, 0.15) is 11.6 Å². The van der Waals surface area contributed by atoms with Crippen LogP contribution in [0.2, 0.25) is 0 Å². The Morgan fingerprint density at radius 1 is 0.969 bits per heavy atom. The van der Waals surface area contributed by atoms with Crippen molar-refractivity contribution in [3.63, 3.8) is 0 Å². The highest BCUT2D eigenvalue weighted by molar-refractivity contribution is 5.97. The van der Waals surface area contributed by atoms with Crippen molar-refractivity contribution < 1.29 is 9.59 Å². The summed E-state index contributed by atoms with van der Waals surface area (Å²) >= 11 is 0. The van der Waals surface area contributed by atoms with E-state index in [4.69, 9.17) is 5.73 Å². The Bertz CT molecular complexity index is 1150. The number of anilines is 2. The average molecular weight is 431 g/mol. The summed E-state index contributed by atoms with van der Waals surface area (Å²) in [5.74, 6) is 1.43. The number of amides is 2. The summed E-state index contributed by atoms with van der Waals surface area (Å²) in [6, 6.07) is 14.9. The highest BCUT2D eigenvalue weighted by Gasteiger charge is 2.29. The minimum absolute atomic E-state index is 0.0101. The van der Waals surface area contributed by atoms with Gasteiger partial charge in [0, 0.05) is 48.7 Å². The lowest BCUT2D eigenvalue weighted by atomic mass is 10.1. The number of nitrogens with zero attached hydrogens (tertiary/aromatic N) is 4. The molecular formula is C24H26N6O2. The van der Waals surface area contributed by atoms with Crippen LogP contribution in [0.1, 0.15) is 29.0 Å². The van der Waals surface area contributed by atoms with Gasteiger partial charge in [0.25, 0.3) is 5.91 Å². The van der Waals surface area contributed by atoms with E-state index in [9.17, 15) is 9.59 Å². The molecule has 2 aliphatic rings. The molecule has 8 heteroatoms. The number of benzene rings is 2. The maximum atomic E-state index is 12.9. The Kier molecular flexibility index (Phi) is 5.45. The van der Waals surface area contributed by atoms with E-state index in [-0.39, 0.29) is 17.7 Å². The molecule has 1 aliphatic carbocycles. The number of nitrogens with two attached hydrogens (primary N) is 1. The molecular weight excluding hydrogens is 404 g/mol. The second-order valence-electron chi connectivity index (χ2n) is 8.45. The molecule has 8 nitrogen and oxygen atoms in total. The van der Waals surface area contributed by atoms with Crippen LogP contribution in [0.3, 0.4) is 0 Å². The number of carbonyl (C=O) groups is 2. The lowest BCUT2D eigenvalue weighted by Crippen LogP contribution is -2.48. The van der Waals surface area contributed by atoms with E-state index < -0.39 is 0 Å². The van der Waals surface area contributed by atoms with Crippen molar-refractivity contribution in [2.75, 3.05) is 37.2 Å². The van der Waals surface area contributed by atoms with Crippen LogP contribution in [-0.4, -0.2) is 57.8 Å². The van der Waals surface area contributed by atoms with Gasteiger partial charge in [-0.15, -0.1) is 0 Å². The zero-order valence-corrected chi connectivity index (χ0v) is 17.8. The molecule has 1 aromatic heterocycles. The number of fused-ring (bicyclic) bond motifs is 1. The molecule has 0 atom stereocenters. The molecule has 2 amide bonds. The molecule has 1 saturated heterocycles. The Hall–Kier alpha value is -3.52. The van der Waals surface area contributed by atoms with E-state index in [0.29, 0.717) is 36.8 Å². The maximum Gasteiger partial charge on any atom is 0.253 e. The van der Waals surface area contributed by atoms with Gasteiger partial charge in [-0.1, -0.05) is 12.1 Å². The maximum absolute atomic E-state index is 12.9. The van der Waals surface area contributed by atoms with Gasteiger partial charge in [0.05, 0.1) is 12.1 Å². The van der Waals surface area contributed by atoms with E-state index >= 15 is 0 Å². The third-order valence-electron chi connectivity index (χ3n) is 6.05. The average Bonchev–Trinajstić information content (AvgIpc) is 3.65. The number of hydrogen-bond acceptors (Lipinski definition) is 6. The summed E-state index contributed by atoms with van der Waals surface area (Å²) in [6.45, 7) is 3.38. The van der Waals surface area contributed by atoms with Crippen molar-refractivity contribution in [3.05, 3.63) is 59.9 Å². The number of hydrogen-bond donors (Lipinski definition) is 2.